The van der Waals surface area contributed by atoms with Crippen molar-refractivity contribution in [1.29, 1.82) is 0 Å². The fraction of sp³-hybridized carbons (Fsp3) is 0.312. The predicted molar refractivity (Wildman–Crippen MR) is 82.0 cm³/mol. The quantitative estimate of drug-likeness (QED) is 0.857. The van der Waals surface area contributed by atoms with Crippen LogP contribution in [0.5, 0.6) is 11.5 Å². The smallest absolute Gasteiger partial charge is 0.344 e. The third-order valence-electron chi connectivity index (χ3n) is 3.53. The summed E-state index contributed by atoms with van der Waals surface area (Å²) in [5, 5.41) is 6.35. The van der Waals surface area contributed by atoms with E-state index in [1.165, 1.54) is 6.92 Å². The zero-order chi connectivity index (χ0) is 17.3. The first kappa shape index (κ1) is 15.9. The van der Waals surface area contributed by atoms with Crippen molar-refractivity contribution in [2.45, 2.75) is 26.9 Å². The molecule has 126 valence electrons. The number of carbonyl (C=O) groups is 2. The summed E-state index contributed by atoms with van der Waals surface area (Å²) in [6.07, 6.45) is -0.989. The number of fused-ring (bicyclic) bond motifs is 1. The first-order valence-electron chi connectivity index (χ1n) is 7.30. The van der Waals surface area contributed by atoms with Crippen molar-refractivity contribution >= 4 is 17.6 Å². The van der Waals surface area contributed by atoms with Crippen LogP contribution in [0.25, 0.3) is 0 Å². The molecule has 0 aliphatic carbocycles. The number of esters is 1. The molecule has 0 saturated heterocycles. The summed E-state index contributed by atoms with van der Waals surface area (Å²) in [6.45, 7) is 4.87. The molecule has 1 aromatic carbocycles. The molecule has 3 rings (SSSR count). The second kappa shape index (κ2) is 6.23. The average Bonchev–Trinajstić information content (AvgIpc) is 3.13. The fourth-order valence-corrected chi connectivity index (χ4v) is 2.27. The van der Waals surface area contributed by atoms with Crippen molar-refractivity contribution < 1.29 is 28.3 Å². The van der Waals surface area contributed by atoms with Crippen molar-refractivity contribution in [1.82, 2.24) is 5.16 Å². The Balaban J connectivity index is 1.64. The standard InChI is InChI=1S/C16H16N2O6/c1-8-14(9(2)24-18-8)16(20)23-10(3)15(19)17-11-4-5-12-13(6-11)22-7-21-12/h4-6,10H,7H2,1-3H3,(H,17,19)/t10-/m1/s1. The Bertz CT molecular complexity index is 778. The van der Waals surface area contributed by atoms with Gasteiger partial charge in [-0.05, 0) is 32.9 Å². The van der Waals surface area contributed by atoms with Crippen LogP contribution in [-0.4, -0.2) is 29.9 Å². The highest BCUT2D eigenvalue weighted by Crippen LogP contribution is 2.34. The Morgan fingerprint density at radius 3 is 2.71 bits per heavy atom. The summed E-state index contributed by atoms with van der Waals surface area (Å²) < 4.78 is 20.5. The highest BCUT2D eigenvalue weighted by molar-refractivity contribution is 5.98. The van der Waals surface area contributed by atoms with Gasteiger partial charge in [0.15, 0.2) is 17.6 Å². The van der Waals surface area contributed by atoms with Crippen molar-refractivity contribution in [3.63, 3.8) is 0 Å². The van der Waals surface area contributed by atoms with E-state index in [0.29, 0.717) is 28.6 Å². The zero-order valence-corrected chi connectivity index (χ0v) is 13.4. The number of aryl methyl sites for hydroxylation is 2. The van der Waals surface area contributed by atoms with Gasteiger partial charge in [0.2, 0.25) is 6.79 Å². The molecule has 1 aliphatic heterocycles. The lowest BCUT2D eigenvalue weighted by Gasteiger charge is -2.13. The van der Waals surface area contributed by atoms with Gasteiger partial charge in [0, 0.05) is 11.8 Å². The molecular formula is C16H16N2O6. The summed E-state index contributed by atoms with van der Waals surface area (Å²) in [4.78, 5) is 24.3. The minimum absolute atomic E-state index is 0.151. The third-order valence-corrected chi connectivity index (χ3v) is 3.53. The van der Waals surface area contributed by atoms with E-state index < -0.39 is 18.0 Å². The molecule has 0 bridgehead atoms. The fourth-order valence-electron chi connectivity index (χ4n) is 2.27. The summed E-state index contributed by atoms with van der Waals surface area (Å²) in [5.41, 5.74) is 1.17. The number of nitrogens with zero attached hydrogens (tertiary/aromatic N) is 1. The molecular weight excluding hydrogens is 316 g/mol. The number of amides is 1. The van der Waals surface area contributed by atoms with Gasteiger partial charge in [-0.1, -0.05) is 5.16 Å². The molecule has 0 saturated carbocycles. The number of hydrogen-bond acceptors (Lipinski definition) is 7. The molecule has 1 aliphatic rings. The molecule has 1 aromatic heterocycles. The van der Waals surface area contributed by atoms with Crippen LogP contribution < -0.4 is 14.8 Å². The molecule has 24 heavy (non-hydrogen) atoms. The number of nitrogens with one attached hydrogen (secondary N) is 1. The minimum atomic E-state index is -0.989. The Morgan fingerprint density at radius 1 is 1.25 bits per heavy atom. The lowest BCUT2D eigenvalue weighted by Crippen LogP contribution is -2.30. The van der Waals surface area contributed by atoms with Crippen LogP contribution in [0.2, 0.25) is 0 Å². The number of benzene rings is 1. The van der Waals surface area contributed by atoms with E-state index >= 15 is 0 Å². The topological polar surface area (TPSA) is 99.9 Å². The van der Waals surface area contributed by atoms with E-state index in [0.717, 1.165) is 0 Å². The van der Waals surface area contributed by atoms with Crippen LogP contribution in [0.3, 0.4) is 0 Å². The van der Waals surface area contributed by atoms with Gasteiger partial charge in [-0.2, -0.15) is 0 Å². The second-order valence-electron chi connectivity index (χ2n) is 5.30. The molecule has 1 N–H and O–H groups in total. The summed E-state index contributed by atoms with van der Waals surface area (Å²) in [5.74, 6) is 0.397. The second-order valence-corrected chi connectivity index (χ2v) is 5.30. The third kappa shape index (κ3) is 3.03. The molecule has 1 amide bonds. The first-order valence-corrected chi connectivity index (χ1v) is 7.30. The molecule has 0 unspecified atom stereocenters. The van der Waals surface area contributed by atoms with Crippen molar-refractivity contribution in [3.8, 4) is 11.5 Å². The predicted octanol–water partition coefficient (Wildman–Crippen LogP) is 2.20. The van der Waals surface area contributed by atoms with Gasteiger partial charge >= 0.3 is 5.97 Å². The largest absolute Gasteiger partial charge is 0.454 e. The molecule has 0 fully saturated rings. The SMILES string of the molecule is Cc1noc(C)c1C(=O)O[C@H](C)C(=O)Nc1ccc2c(c1)OCO2. The van der Waals surface area contributed by atoms with Crippen LogP contribution in [0.4, 0.5) is 5.69 Å². The van der Waals surface area contributed by atoms with E-state index in [-0.39, 0.29) is 12.4 Å². The highest BCUT2D eigenvalue weighted by Gasteiger charge is 2.24. The number of aromatic nitrogens is 1. The number of ether oxygens (including phenoxy) is 3. The monoisotopic (exact) mass is 332 g/mol. The number of anilines is 1. The van der Waals surface area contributed by atoms with E-state index in [1.807, 2.05) is 0 Å². The van der Waals surface area contributed by atoms with Gasteiger partial charge in [0.25, 0.3) is 5.91 Å². The molecule has 0 radical (unpaired) electrons. The highest BCUT2D eigenvalue weighted by atomic mass is 16.7. The van der Waals surface area contributed by atoms with Gasteiger partial charge in [0.05, 0.1) is 5.69 Å². The van der Waals surface area contributed by atoms with Gasteiger partial charge in [-0.3, -0.25) is 4.79 Å². The Hall–Kier alpha value is -3.03. The normalized spacial score (nSPS) is 13.5. The van der Waals surface area contributed by atoms with E-state index in [9.17, 15) is 9.59 Å². The molecule has 2 aromatic rings. The maximum atomic E-state index is 12.2. The van der Waals surface area contributed by atoms with Crippen LogP contribution >= 0.6 is 0 Å². The summed E-state index contributed by atoms with van der Waals surface area (Å²) in [6, 6.07) is 5.01. The molecule has 1 atom stereocenters. The molecule has 2 heterocycles. The number of rotatable bonds is 4. The van der Waals surface area contributed by atoms with Gasteiger partial charge < -0.3 is 24.1 Å². The average molecular weight is 332 g/mol. The summed E-state index contributed by atoms with van der Waals surface area (Å²) in [7, 11) is 0. The van der Waals surface area contributed by atoms with Crippen LogP contribution in [0.1, 0.15) is 28.7 Å². The van der Waals surface area contributed by atoms with Gasteiger partial charge in [-0.25, -0.2) is 4.79 Å². The molecule has 0 spiro atoms. The van der Waals surface area contributed by atoms with Gasteiger partial charge in [0.1, 0.15) is 11.3 Å². The van der Waals surface area contributed by atoms with Crippen molar-refractivity contribution in [3.05, 3.63) is 35.2 Å². The van der Waals surface area contributed by atoms with Crippen molar-refractivity contribution in [2.75, 3.05) is 12.1 Å². The Labute approximate surface area is 137 Å². The van der Waals surface area contributed by atoms with E-state index in [1.54, 1.807) is 32.0 Å². The van der Waals surface area contributed by atoms with Crippen LogP contribution in [0.15, 0.2) is 22.7 Å². The minimum Gasteiger partial charge on any atom is -0.454 e. The number of carbonyl (C=O) groups excluding carboxylic acids is 2. The lowest BCUT2D eigenvalue weighted by atomic mass is 10.2. The lowest BCUT2D eigenvalue weighted by molar-refractivity contribution is -0.123. The first-order chi connectivity index (χ1) is 11.5. The Kier molecular flexibility index (Phi) is 4.11. The van der Waals surface area contributed by atoms with Crippen molar-refractivity contribution in [2.24, 2.45) is 0 Å². The van der Waals surface area contributed by atoms with Crippen LogP contribution in [-0.2, 0) is 9.53 Å². The Morgan fingerprint density at radius 2 is 2.00 bits per heavy atom. The maximum Gasteiger partial charge on any atom is 0.344 e. The van der Waals surface area contributed by atoms with Gasteiger partial charge in [-0.15, -0.1) is 0 Å². The summed E-state index contributed by atoms with van der Waals surface area (Å²) >= 11 is 0. The zero-order valence-electron chi connectivity index (χ0n) is 13.4. The molecule has 8 heteroatoms. The van der Waals surface area contributed by atoms with E-state index in [2.05, 4.69) is 10.5 Å². The molecule has 8 nitrogen and oxygen atoms in total. The van der Waals surface area contributed by atoms with E-state index in [4.69, 9.17) is 18.7 Å². The maximum absolute atomic E-state index is 12.2. The van der Waals surface area contributed by atoms with Crippen LogP contribution in [0, 0.1) is 13.8 Å². The number of hydrogen-bond donors (Lipinski definition) is 1.